The van der Waals surface area contributed by atoms with Crippen molar-refractivity contribution in [3.63, 3.8) is 0 Å². The number of benzene rings is 3. The van der Waals surface area contributed by atoms with E-state index in [2.05, 4.69) is 0 Å². The van der Waals surface area contributed by atoms with E-state index in [1.807, 2.05) is 55.5 Å². The lowest BCUT2D eigenvalue weighted by molar-refractivity contribution is -0.117. The molecule has 0 unspecified atom stereocenters. The summed E-state index contributed by atoms with van der Waals surface area (Å²) in [6.45, 7) is 1.91. The summed E-state index contributed by atoms with van der Waals surface area (Å²) in [6.07, 6.45) is 3.03. The largest absolute Gasteiger partial charge is 0.503 e. The number of nitrogens with zero attached hydrogens (tertiary/aromatic N) is 1. The maximum absolute atomic E-state index is 13.4. The number of ketones is 1. The van der Waals surface area contributed by atoms with Crippen molar-refractivity contribution in [3.8, 4) is 11.5 Å². The zero-order valence-electron chi connectivity index (χ0n) is 19.2. The molecule has 1 N–H and O–H groups in total. The first-order valence-electron chi connectivity index (χ1n) is 10.8. The first kappa shape index (κ1) is 22.9. The second kappa shape index (κ2) is 9.67. The summed E-state index contributed by atoms with van der Waals surface area (Å²) in [5.74, 6) is -0.691. The van der Waals surface area contributed by atoms with Crippen LogP contribution in [0.25, 0.3) is 6.08 Å². The third kappa shape index (κ3) is 4.30. The molecule has 6 nitrogen and oxygen atoms in total. The lowest BCUT2D eigenvalue weighted by Gasteiger charge is -2.28. The monoisotopic (exact) mass is 455 g/mol. The molecule has 4 rings (SSSR count). The number of aryl methyl sites for hydroxylation is 1. The predicted molar refractivity (Wildman–Crippen MR) is 131 cm³/mol. The maximum atomic E-state index is 13.4. The van der Waals surface area contributed by atoms with E-state index in [1.165, 1.54) is 18.1 Å². The number of amides is 1. The lowest BCUT2D eigenvalue weighted by atomic mass is 9.94. The highest BCUT2D eigenvalue weighted by Gasteiger charge is 2.45. The number of hydrogen-bond donors (Lipinski definition) is 1. The Labute approximate surface area is 198 Å². The fourth-order valence-electron chi connectivity index (χ4n) is 4.07. The third-order valence-electron chi connectivity index (χ3n) is 5.72. The standard InChI is InChI=1S/C28H25NO5/c1-18-8-7-11-20(16-18)29-26(22-14-13-21(33-2)17-24(22)34-3)25(27(31)28(29)32)23(30)15-12-19-9-5-4-6-10-19/h4-17,26,31H,1-3H3/b15-12+/t26-/m1/s1. The van der Waals surface area contributed by atoms with E-state index in [0.29, 0.717) is 22.7 Å². The molecule has 0 spiro atoms. The van der Waals surface area contributed by atoms with Crippen LogP contribution in [-0.4, -0.2) is 31.0 Å². The van der Waals surface area contributed by atoms with Crippen molar-refractivity contribution in [1.29, 1.82) is 0 Å². The Hall–Kier alpha value is -4.32. The summed E-state index contributed by atoms with van der Waals surface area (Å²) < 4.78 is 10.9. The Morgan fingerprint density at radius 2 is 1.74 bits per heavy atom. The van der Waals surface area contributed by atoms with Gasteiger partial charge < -0.3 is 14.6 Å². The van der Waals surface area contributed by atoms with E-state index in [0.717, 1.165) is 11.1 Å². The molecule has 1 atom stereocenters. The van der Waals surface area contributed by atoms with Crippen molar-refractivity contribution >= 4 is 23.5 Å². The number of anilines is 1. The minimum atomic E-state index is -0.886. The van der Waals surface area contributed by atoms with Gasteiger partial charge in [0, 0.05) is 17.3 Å². The van der Waals surface area contributed by atoms with Crippen LogP contribution in [0.1, 0.15) is 22.7 Å². The quantitative estimate of drug-likeness (QED) is 0.496. The Morgan fingerprint density at radius 3 is 2.41 bits per heavy atom. The summed E-state index contributed by atoms with van der Waals surface area (Å²) >= 11 is 0. The molecule has 1 heterocycles. The second-order valence-electron chi connectivity index (χ2n) is 7.90. The van der Waals surface area contributed by atoms with Gasteiger partial charge in [0.25, 0.3) is 5.91 Å². The van der Waals surface area contributed by atoms with Crippen molar-refractivity contribution < 1.29 is 24.2 Å². The van der Waals surface area contributed by atoms with E-state index in [-0.39, 0.29) is 5.57 Å². The second-order valence-corrected chi connectivity index (χ2v) is 7.90. The van der Waals surface area contributed by atoms with E-state index in [9.17, 15) is 14.7 Å². The van der Waals surface area contributed by atoms with Crippen molar-refractivity contribution in [1.82, 2.24) is 0 Å². The minimum Gasteiger partial charge on any atom is -0.503 e. The minimum absolute atomic E-state index is 0.0119. The highest BCUT2D eigenvalue weighted by molar-refractivity contribution is 6.20. The van der Waals surface area contributed by atoms with Crippen LogP contribution in [0.4, 0.5) is 5.69 Å². The molecule has 1 amide bonds. The van der Waals surface area contributed by atoms with E-state index in [1.54, 1.807) is 37.5 Å². The number of carbonyl (C=O) groups excluding carboxylic acids is 2. The zero-order valence-corrected chi connectivity index (χ0v) is 19.2. The molecule has 6 heteroatoms. The van der Waals surface area contributed by atoms with Crippen molar-refractivity contribution in [2.24, 2.45) is 0 Å². The molecule has 172 valence electrons. The highest BCUT2D eigenvalue weighted by Crippen LogP contribution is 2.45. The van der Waals surface area contributed by atoms with Crippen LogP contribution < -0.4 is 14.4 Å². The van der Waals surface area contributed by atoms with E-state index >= 15 is 0 Å². The summed E-state index contributed by atoms with van der Waals surface area (Å²) in [6, 6.07) is 21.0. The Kier molecular flexibility index (Phi) is 6.50. The van der Waals surface area contributed by atoms with Gasteiger partial charge in [0.2, 0.25) is 0 Å². The number of aliphatic hydroxyl groups is 1. The summed E-state index contributed by atoms with van der Waals surface area (Å²) in [5, 5.41) is 10.9. The molecule has 0 aliphatic carbocycles. The van der Waals surface area contributed by atoms with Crippen molar-refractivity contribution in [2.75, 3.05) is 19.1 Å². The molecular weight excluding hydrogens is 430 g/mol. The van der Waals surface area contributed by atoms with E-state index in [4.69, 9.17) is 9.47 Å². The zero-order chi connectivity index (χ0) is 24.2. The number of rotatable bonds is 7. The molecule has 0 bridgehead atoms. The van der Waals surface area contributed by atoms with Crippen molar-refractivity contribution in [3.05, 3.63) is 107 Å². The average Bonchev–Trinajstić information content (AvgIpc) is 3.12. The van der Waals surface area contributed by atoms with Crippen LogP contribution in [0, 0.1) is 6.92 Å². The SMILES string of the molecule is COc1ccc([C@@H]2C(C(=O)/C=C/c3ccccc3)=C(O)C(=O)N2c2cccc(C)c2)c(OC)c1. The Balaban J connectivity index is 1.85. The van der Waals surface area contributed by atoms with Gasteiger partial charge in [-0.1, -0.05) is 48.5 Å². The Bertz CT molecular complexity index is 1290. The van der Waals surface area contributed by atoms with Gasteiger partial charge in [-0.05, 0) is 48.4 Å². The van der Waals surface area contributed by atoms with E-state index < -0.39 is 23.5 Å². The van der Waals surface area contributed by atoms with Gasteiger partial charge in [-0.25, -0.2) is 0 Å². The van der Waals surface area contributed by atoms with Gasteiger partial charge in [0.05, 0.1) is 25.8 Å². The molecule has 3 aromatic carbocycles. The van der Waals surface area contributed by atoms with Crippen LogP contribution in [0.15, 0.2) is 90.2 Å². The van der Waals surface area contributed by atoms with Gasteiger partial charge in [0.1, 0.15) is 11.5 Å². The predicted octanol–water partition coefficient (Wildman–Crippen LogP) is 5.19. The van der Waals surface area contributed by atoms with Crippen LogP contribution >= 0.6 is 0 Å². The van der Waals surface area contributed by atoms with Crippen LogP contribution in [0.5, 0.6) is 11.5 Å². The summed E-state index contributed by atoms with van der Waals surface area (Å²) in [5.41, 5.74) is 2.87. The summed E-state index contributed by atoms with van der Waals surface area (Å²) in [4.78, 5) is 28.1. The number of methoxy groups -OCH3 is 2. The summed E-state index contributed by atoms with van der Waals surface area (Å²) in [7, 11) is 3.05. The molecule has 0 fully saturated rings. The fraction of sp³-hybridized carbons (Fsp3) is 0.143. The average molecular weight is 456 g/mol. The van der Waals surface area contributed by atoms with Gasteiger partial charge >= 0.3 is 0 Å². The number of aliphatic hydroxyl groups excluding tert-OH is 1. The van der Waals surface area contributed by atoms with Gasteiger partial charge in [-0.15, -0.1) is 0 Å². The first-order valence-corrected chi connectivity index (χ1v) is 10.8. The fourth-order valence-corrected chi connectivity index (χ4v) is 4.07. The number of hydrogen-bond acceptors (Lipinski definition) is 5. The smallest absolute Gasteiger partial charge is 0.294 e. The van der Waals surface area contributed by atoms with Crippen LogP contribution in [0.2, 0.25) is 0 Å². The molecule has 3 aromatic rings. The molecule has 0 aromatic heterocycles. The van der Waals surface area contributed by atoms with Crippen LogP contribution in [0.3, 0.4) is 0 Å². The molecule has 1 aliphatic rings. The topological polar surface area (TPSA) is 76.1 Å². The molecule has 0 saturated heterocycles. The van der Waals surface area contributed by atoms with Crippen LogP contribution in [-0.2, 0) is 9.59 Å². The van der Waals surface area contributed by atoms with Gasteiger partial charge in [-0.3, -0.25) is 14.5 Å². The molecule has 0 saturated carbocycles. The Morgan fingerprint density at radius 1 is 0.971 bits per heavy atom. The maximum Gasteiger partial charge on any atom is 0.294 e. The normalized spacial score (nSPS) is 15.8. The first-order chi connectivity index (χ1) is 16.4. The number of allylic oxidation sites excluding steroid dienone is 1. The molecule has 0 radical (unpaired) electrons. The molecule has 1 aliphatic heterocycles. The van der Waals surface area contributed by atoms with Gasteiger partial charge in [0.15, 0.2) is 11.5 Å². The molecular formula is C28H25NO5. The number of carbonyl (C=O) groups is 2. The van der Waals surface area contributed by atoms with Crippen molar-refractivity contribution in [2.45, 2.75) is 13.0 Å². The molecule has 34 heavy (non-hydrogen) atoms. The number of ether oxygens (including phenoxy) is 2. The van der Waals surface area contributed by atoms with Gasteiger partial charge in [-0.2, -0.15) is 0 Å². The highest BCUT2D eigenvalue weighted by atomic mass is 16.5. The third-order valence-corrected chi connectivity index (χ3v) is 5.72. The lowest BCUT2D eigenvalue weighted by Crippen LogP contribution is -2.31.